The van der Waals surface area contributed by atoms with Crippen LogP contribution in [0.1, 0.15) is 37.0 Å². The molecule has 0 fully saturated rings. The maximum absolute atomic E-state index is 4.42. The average Bonchev–Trinajstić information content (AvgIpc) is 2.75. The number of nitrogens with zero attached hydrogens (tertiary/aromatic N) is 2. The predicted octanol–water partition coefficient (Wildman–Crippen LogP) is 2.58. The van der Waals surface area contributed by atoms with Crippen molar-refractivity contribution in [2.75, 3.05) is 0 Å². The number of aromatic amines is 1. The van der Waals surface area contributed by atoms with E-state index in [0.717, 1.165) is 18.1 Å². The van der Waals surface area contributed by atoms with Crippen molar-refractivity contribution in [3.05, 3.63) is 34.0 Å². The topological polar surface area (TPSA) is 41.6 Å². The number of H-pyrrole nitrogens is 1. The smallest absolute Gasteiger partial charge is 0.153 e. The van der Waals surface area contributed by atoms with E-state index >= 15 is 0 Å². The van der Waals surface area contributed by atoms with Crippen molar-refractivity contribution >= 4 is 11.3 Å². The van der Waals surface area contributed by atoms with Gasteiger partial charge in [-0.25, -0.2) is 4.98 Å². The maximum atomic E-state index is 4.42. The first kappa shape index (κ1) is 9.40. The van der Waals surface area contributed by atoms with Crippen LogP contribution < -0.4 is 0 Å². The second-order valence-electron chi connectivity index (χ2n) is 3.60. The van der Waals surface area contributed by atoms with Crippen molar-refractivity contribution < 1.29 is 0 Å². The summed E-state index contributed by atoms with van der Waals surface area (Å²) in [6.07, 6.45) is 0.850. The third-order valence-electron chi connectivity index (χ3n) is 2.02. The summed E-state index contributed by atoms with van der Waals surface area (Å²) in [6, 6.07) is 2.11. The molecule has 0 aliphatic rings. The summed E-state index contributed by atoms with van der Waals surface area (Å²) in [5.74, 6) is 2.24. The maximum Gasteiger partial charge on any atom is 0.153 e. The summed E-state index contributed by atoms with van der Waals surface area (Å²) in [7, 11) is 0. The molecule has 0 radical (unpaired) electrons. The number of aromatic nitrogens is 3. The lowest BCUT2D eigenvalue weighted by Crippen LogP contribution is -1.91. The predicted molar refractivity (Wildman–Crippen MR) is 57.6 cm³/mol. The Morgan fingerprint density at radius 3 is 2.93 bits per heavy atom. The van der Waals surface area contributed by atoms with E-state index in [2.05, 4.69) is 45.9 Å². The zero-order chi connectivity index (χ0) is 9.97. The van der Waals surface area contributed by atoms with Gasteiger partial charge in [0.1, 0.15) is 5.82 Å². The first-order valence-corrected chi connectivity index (χ1v) is 5.62. The van der Waals surface area contributed by atoms with Crippen molar-refractivity contribution in [3.63, 3.8) is 0 Å². The molecule has 0 bridgehead atoms. The molecule has 0 atom stereocenters. The van der Waals surface area contributed by atoms with Gasteiger partial charge in [-0.2, -0.15) is 16.4 Å². The van der Waals surface area contributed by atoms with Gasteiger partial charge < -0.3 is 0 Å². The Kier molecular flexibility index (Phi) is 2.63. The molecule has 0 saturated carbocycles. The third kappa shape index (κ3) is 2.01. The molecule has 74 valence electrons. The van der Waals surface area contributed by atoms with E-state index in [0.29, 0.717) is 5.92 Å². The van der Waals surface area contributed by atoms with Crippen molar-refractivity contribution in [1.82, 2.24) is 15.2 Å². The van der Waals surface area contributed by atoms with E-state index in [1.54, 1.807) is 11.3 Å². The second kappa shape index (κ2) is 3.92. The number of rotatable bonds is 3. The summed E-state index contributed by atoms with van der Waals surface area (Å²) in [5, 5.41) is 11.3. The molecule has 14 heavy (non-hydrogen) atoms. The van der Waals surface area contributed by atoms with Crippen molar-refractivity contribution in [3.8, 4) is 0 Å². The first-order chi connectivity index (χ1) is 6.75. The van der Waals surface area contributed by atoms with Gasteiger partial charge in [0.15, 0.2) is 5.82 Å². The highest BCUT2D eigenvalue weighted by Gasteiger charge is 2.07. The molecule has 2 aromatic rings. The zero-order valence-corrected chi connectivity index (χ0v) is 9.14. The molecular weight excluding hydrogens is 194 g/mol. The molecule has 0 aromatic carbocycles. The van der Waals surface area contributed by atoms with E-state index in [1.807, 2.05) is 0 Å². The Morgan fingerprint density at radius 2 is 2.36 bits per heavy atom. The van der Waals surface area contributed by atoms with E-state index in [4.69, 9.17) is 0 Å². The van der Waals surface area contributed by atoms with Gasteiger partial charge >= 0.3 is 0 Å². The summed E-state index contributed by atoms with van der Waals surface area (Å²) in [6.45, 7) is 4.19. The molecule has 0 saturated heterocycles. The van der Waals surface area contributed by atoms with Gasteiger partial charge in [0.25, 0.3) is 0 Å². The molecule has 0 unspecified atom stereocenters. The molecule has 0 spiro atoms. The van der Waals surface area contributed by atoms with Crippen LogP contribution in [0.4, 0.5) is 0 Å². The Labute approximate surface area is 87.2 Å². The highest BCUT2D eigenvalue weighted by molar-refractivity contribution is 7.07. The lowest BCUT2D eigenvalue weighted by Gasteiger charge is -1.94. The van der Waals surface area contributed by atoms with Crippen LogP contribution in [0.15, 0.2) is 16.8 Å². The SMILES string of the molecule is CC(C)c1n[nH]c(Cc2ccsc2)n1. The molecule has 2 aromatic heterocycles. The largest absolute Gasteiger partial charge is 0.263 e. The zero-order valence-electron chi connectivity index (χ0n) is 8.32. The minimum Gasteiger partial charge on any atom is -0.263 e. The number of hydrogen-bond donors (Lipinski definition) is 1. The lowest BCUT2D eigenvalue weighted by molar-refractivity contribution is 0.780. The fourth-order valence-electron chi connectivity index (χ4n) is 1.23. The van der Waals surface area contributed by atoms with Gasteiger partial charge in [-0.3, -0.25) is 5.10 Å². The molecule has 0 amide bonds. The van der Waals surface area contributed by atoms with Crippen LogP contribution in [0.2, 0.25) is 0 Å². The van der Waals surface area contributed by atoms with Crippen molar-refractivity contribution in [1.29, 1.82) is 0 Å². The Hall–Kier alpha value is -1.16. The molecule has 2 heterocycles. The first-order valence-electron chi connectivity index (χ1n) is 4.68. The van der Waals surface area contributed by atoms with Crippen molar-refractivity contribution in [2.24, 2.45) is 0 Å². The van der Waals surface area contributed by atoms with E-state index in [9.17, 15) is 0 Å². The summed E-state index contributed by atoms with van der Waals surface area (Å²) >= 11 is 1.71. The third-order valence-corrected chi connectivity index (χ3v) is 2.75. The minimum absolute atomic E-state index is 0.391. The average molecular weight is 207 g/mol. The van der Waals surface area contributed by atoms with Crippen LogP contribution in [-0.2, 0) is 6.42 Å². The minimum atomic E-state index is 0.391. The van der Waals surface area contributed by atoms with Gasteiger partial charge in [0, 0.05) is 12.3 Å². The number of nitrogens with one attached hydrogen (secondary N) is 1. The Balaban J connectivity index is 2.11. The van der Waals surface area contributed by atoms with Gasteiger partial charge in [0.05, 0.1) is 0 Å². The van der Waals surface area contributed by atoms with Gasteiger partial charge in [0.2, 0.25) is 0 Å². The van der Waals surface area contributed by atoms with Crippen LogP contribution in [0, 0.1) is 0 Å². The Bertz CT molecular complexity index is 389. The quantitative estimate of drug-likeness (QED) is 0.840. The highest BCUT2D eigenvalue weighted by atomic mass is 32.1. The van der Waals surface area contributed by atoms with E-state index in [1.165, 1.54) is 5.56 Å². The molecule has 1 N–H and O–H groups in total. The summed E-state index contributed by atoms with van der Waals surface area (Å²) in [4.78, 5) is 4.42. The highest BCUT2D eigenvalue weighted by Crippen LogP contribution is 2.12. The van der Waals surface area contributed by atoms with Crippen LogP contribution in [-0.4, -0.2) is 15.2 Å². The monoisotopic (exact) mass is 207 g/mol. The standard InChI is InChI=1S/C10H13N3S/c1-7(2)10-11-9(12-13-10)5-8-3-4-14-6-8/h3-4,6-7H,5H2,1-2H3,(H,11,12,13). The molecule has 0 aliphatic heterocycles. The van der Waals surface area contributed by atoms with Crippen LogP contribution in [0.3, 0.4) is 0 Å². The molecule has 4 heteroatoms. The van der Waals surface area contributed by atoms with E-state index < -0.39 is 0 Å². The summed E-state index contributed by atoms with van der Waals surface area (Å²) < 4.78 is 0. The number of thiophene rings is 1. The second-order valence-corrected chi connectivity index (χ2v) is 4.38. The number of hydrogen-bond acceptors (Lipinski definition) is 3. The van der Waals surface area contributed by atoms with Crippen LogP contribution >= 0.6 is 11.3 Å². The normalized spacial score (nSPS) is 11.1. The fourth-order valence-corrected chi connectivity index (χ4v) is 1.90. The molecule has 2 rings (SSSR count). The van der Waals surface area contributed by atoms with E-state index in [-0.39, 0.29) is 0 Å². The molecule has 3 nitrogen and oxygen atoms in total. The fraction of sp³-hybridized carbons (Fsp3) is 0.400. The van der Waals surface area contributed by atoms with Crippen LogP contribution in [0.25, 0.3) is 0 Å². The van der Waals surface area contributed by atoms with Gasteiger partial charge in [-0.05, 0) is 22.4 Å². The lowest BCUT2D eigenvalue weighted by atomic mass is 10.2. The Morgan fingerprint density at radius 1 is 1.50 bits per heavy atom. The van der Waals surface area contributed by atoms with Gasteiger partial charge in [-0.1, -0.05) is 13.8 Å². The van der Waals surface area contributed by atoms with Crippen molar-refractivity contribution in [2.45, 2.75) is 26.2 Å². The molecule has 0 aliphatic carbocycles. The van der Waals surface area contributed by atoms with Gasteiger partial charge in [-0.15, -0.1) is 0 Å². The van der Waals surface area contributed by atoms with Crippen LogP contribution in [0.5, 0.6) is 0 Å². The molecular formula is C10H13N3S. The summed E-state index contributed by atoms with van der Waals surface area (Å²) in [5.41, 5.74) is 1.29.